The van der Waals surface area contributed by atoms with Crippen molar-refractivity contribution >= 4 is 0 Å². The minimum absolute atomic E-state index is 0.340. The Morgan fingerprint density at radius 3 is 2.24 bits per heavy atom. The molecule has 0 bridgehead atoms. The molecule has 1 aliphatic rings. The topological polar surface area (TPSA) is 20.2 Å². The lowest BCUT2D eigenvalue weighted by atomic mass is 9.88. The number of allylic oxidation sites excluding steroid dienone is 6. The molecule has 0 heterocycles. The van der Waals surface area contributed by atoms with Crippen molar-refractivity contribution in [1.29, 1.82) is 0 Å². The van der Waals surface area contributed by atoms with E-state index in [1.165, 1.54) is 16.7 Å². The Balaban J connectivity index is 2.89. The first kappa shape index (κ1) is 18.0. The lowest BCUT2D eigenvalue weighted by molar-refractivity contribution is 0.182. The SMILES string of the molecule is C=C(C)[C@H]1C/C=C(\C)CC/C=C(\C)CC/C=C(\C)[C@@H](O)C1. The van der Waals surface area contributed by atoms with E-state index >= 15 is 0 Å². The Kier molecular flexibility index (Phi) is 7.74. The maximum atomic E-state index is 10.4. The van der Waals surface area contributed by atoms with Gasteiger partial charge in [-0.05, 0) is 77.7 Å². The Bertz CT molecular complexity index is 437. The molecule has 1 aliphatic carbocycles. The predicted octanol–water partition coefficient (Wildman–Crippen LogP) is 5.73. The van der Waals surface area contributed by atoms with Crippen LogP contribution < -0.4 is 0 Å². The molecule has 0 radical (unpaired) electrons. The zero-order valence-corrected chi connectivity index (χ0v) is 14.3. The number of aliphatic hydroxyl groups excluding tert-OH is 1. The molecule has 0 aliphatic heterocycles. The second kappa shape index (κ2) is 9.04. The van der Waals surface area contributed by atoms with E-state index in [0.717, 1.165) is 44.1 Å². The van der Waals surface area contributed by atoms with Gasteiger partial charge in [-0.1, -0.05) is 41.5 Å². The molecule has 118 valence electrons. The van der Waals surface area contributed by atoms with E-state index in [1.54, 1.807) is 0 Å². The highest BCUT2D eigenvalue weighted by molar-refractivity contribution is 5.12. The summed E-state index contributed by atoms with van der Waals surface area (Å²) in [5.74, 6) is 0.374. The fourth-order valence-corrected chi connectivity index (χ4v) is 2.71. The smallest absolute Gasteiger partial charge is 0.0753 e. The minimum atomic E-state index is -0.340. The summed E-state index contributed by atoms with van der Waals surface area (Å²) in [5.41, 5.74) is 5.18. The summed E-state index contributed by atoms with van der Waals surface area (Å²) in [6, 6.07) is 0. The van der Waals surface area contributed by atoms with Gasteiger partial charge in [0.25, 0.3) is 0 Å². The Morgan fingerprint density at radius 1 is 1.05 bits per heavy atom. The second-order valence-electron chi connectivity index (χ2n) is 6.66. The molecule has 0 aromatic heterocycles. The fourth-order valence-electron chi connectivity index (χ4n) is 2.71. The number of hydrogen-bond donors (Lipinski definition) is 1. The predicted molar refractivity (Wildman–Crippen MR) is 93.3 cm³/mol. The van der Waals surface area contributed by atoms with Gasteiger partial charge in [-0.3, -0.25) is 0 Å². The molecule has 1 N–H and O–H groups in total. The van der Waals surface area contributed by atoms with Gasteiger partial charge in [0.05, 0.1) is 6.10 Å². The molecule has 0 unspecified atom stereocenters. The van der Waals surface area contributed by atoms with Gasteiger partial charge >= 0.3 is 0 Å². The lowest BCUT2D eigenvalue weighted by Gasteiger charge is -2.21. The molecule has 1 rings (SSSR count). The van der Waals surface area contributed by atoms with Crippen molar-refractivity contribution < 1.29 is 5.11 Å². The van der Waals surface area contributed by atoms with E-state index in [-0.39, 0.29) is 6.10 Å². The number of aliphatic hydroxyl groups is 1. The molecular formula is C20H32O. The van der Waals surface area contributed by atoms with Crippen molar-refractivity contribution in [2.45, 2.75) is 72.3 Å². The molecule has 2 atom stereocenters. The minimum Gasteiger partial charge on any atom is -0.389 e. The van der Waals surface area contributed by atoms with Gasteiger partial charge < -0.3 is 5.11 Å². The number of rotatable bonds is 1. The van der Waals surface area contributed by atoms with E-state index in [9.17, 15) is 5.11 Å². The Labute approximate surface area is 131 Å². The van der Waals surface area contributed by atoms with Crippen LogP contribution in [-0.4, -0.2) is 11.2 Å². The van der Waals surface area contributed by atoms with Crippen molar-refractivity contribution in [3.8, 4) is 0 Å². The third-order valence-corrected chi connectivity index (χ3v) is 4.52. The van der Waals surface area contributed by atoms with Crippen molar-refractivity contribution in [1.82, 2.24) is 0 Å². The van der Waals surface area contributed by atoms with Crippen molar-refractivity contribution in [2.24, 2.45) is 5.92 Å². The largest absolute Gasteiger partial charge is 0.389 e. The first-order chi connectivity index (χ1) is 9.90. The first-order valence-corrected chi connectivity index (χ1v) is 8.21. The summed E-state index contributed by atoms with van der Waals surface area (Å²) >= 11 is 0. The van der Waals surface area contributed by atoms with E-state index in [2.05, 4.69) is 45.6 Å². The normalized spacial score (nSPS) is 33.7. The highest BCUT2D eigenvalue weighted by atomic mass is 16.3. The van der Waals surface area contributed by atoms with Crippen LogP contribution >= 0.6 is 0 Å². The zero-order valence-electron chi connectivity index (χ0n) is 14.3. The van der Waals surface area contributed by atoms with Crippen LogP contribution in [0.2, 0.25) is 0 Å². The van der Waals surface area contributed by atoms with Crippen LogP contribution in [0, 0.1) is 5.92 Å². The van der Waals surface area contributed by atoms with E-state index in [4.69, 9.17) is 0 Å². The standard InChI is InChI=1S/C20H32O/c1-15(2)19-13-12-17(4)9-6-8-16(3)10-7-11-18(5)20(21)14-19/h8,11-12,19-21H,1,6-7,9-10,13-14H2,2-5H3/b16-8+,17-12+,18-11+/t19-,20-/m0/s1. The van der Waals surface area contributed by atoms with Gasteiger partial charge in [0.1, 0.15) is 0 Å². The molecule has 0 spiro atoms. The molecule has 0 aromatic rings. The third kappa shape index (κ3) is 6.95. The quantitative estimate of drug-likeness (QED) is 0.611. The average Bonchev–Trinajstić information content (AvgIpc) is 2.41. The zero-order chi connectivity index (χ0) is 15.8. The van der Waals surface area contributed by atoms with Crippen LogP contribution in [0.5, 0.6) is 0 Å². The summed E-state index contributed by atoms with van der Waals surface area (Å²) < 4.78 is 0. The highest BCUT2D eigenvalue weighted by Gasteiger charge is 2.15. The maximum absolute atomic E-state index is 10.4. The van der Waals surface area contributed by atoms with Gasteiger partial charge in [-0.25, -0.2) is 0 Å². The Hall–Kier alpha value is -1.08. The van der Waals surface area contributed by atoms with Gasteiger partial charge in [-0.2, -0.15) is 0 Å². The molecular weight excluding hydrogens is 256 g/mol. The summed E-state index contributed by atoms with van der Waals surface area (Å²) in [6.45, 7) is 12.7. The monoisotopic (exact) mass is 288 g/mol. The third-order valence-electron chi connectivity index (χ3n) is 4.52. The Morgan fingerprint density at radius 2 is 1.62 bits per heavy atom. The second-order valence-corrected chi connectivity index (χ2v) is 6.66. The first-order valence-electron chi connectivity index (χ1n) is 8.21. The van der Waals surface area contributed by atoms with Crippen molar-refractivity contribution in [3.05, 3.63) is 47.1 Å². The van der Waals surface area contributed by atoms with Crippen LogP contribution in [0.1, 0.15) is 66.2 Å². The summed E-state index contributed by atoms with van der Waals surface area (Å²) in [4.78, 5) is 0. The van der Waals surface area contributed by atoms with Crippen LogP contribution in [0.3, 0.4) is 0 Å². The average molecular weight is 288 g/mol. The molecule has 1 nitrogen and oxygen atoms in total. The van der Waals surface area contributed by atoms with Gasteiger partial charge in [0.15, 0.2) is 0 Å². The van der Waals surface area contributed by atoms with Gasteiger partial charge in [0, 0.05) is 0 Å². The number of hydrogen-bond acceptors (Lipinski definition) is 1. The van der Waals surface area contributed by atoms with E-state index < -0.39 is 0 Å². The fraction of sp³-hybridized carbons (Fsp3) is 0.600. The molecule has 0 aromatic carbocycles. The molecule has 0 fully saturated rings. The molecule has 0 amide bonds. The van der Waals surface area contributed by atoms with Crippen LogP contribution in [0.15, 0.2) is 47.1 Å². The maximum Gasteiger partial charge on any atom is 0.0753 e. The molecule has 0 saturated heterocycles. The summed E-state index contributed by atoms with van der Waals surface area (Å²) in [7, 11) is 0. The van der Waals surface area contributed by atoms with Gasteiger partial charge in [0.2, 0.25) is 0 Å². The van der Waals surface area contributed by atoms with Crippen molar-refractivity contribution in [2.75, 3.05) is 0 Å². The molecule has 1 heteroatoms. The summed E-state index contributed by atoms with van der Waals surface area (Å²) in [6.07, 6.45) is 12.7. The molecule has 21 heavy (non-hydrogen) atoms. The van der Waals surface area contributed by atoms with Crippen LogP contribution in [0.4, 0.5) is 0 Å². The summed E-state index contributed by atoms with van der Waals surface area (Å²) in [5, 5.41) is 10.4. The molecule has 0 saturated carbocycles. The highest BCUT2D eigenvalue weighted by Crippen LogP contribution is 2.25. The van der Waals surface area contributed by atoms with Crippen LogP contribution in [0.25, 0.3) is 0 Å². The van der Waals surface area contributed by atoms with Gasteiger partial charge in [-0.15, -0.1) is 0 Å². The van der Waals surface area contributed by atoms with E-state index in [1.807, 2.05) is 6.92 Å². The lowest BCUT2D eigenvalue weighted by Crippen LogP contribution is -2.15. The van der Waals surface area contributed by atoms with Crippen molar-refractivity contribution in [3.63, 3.8) is 0 Å². The van der Waals surface area contributed by atoms with E-state index in [0.29, 0.717) is 5.92 Å². The van der Waals surface area contributed by atoms with Crippen LogP contribution in [-0.2, 0) is 0 Å².